The Labute approximate surface area is 106 Å². The van der Waals surface area contributed by atoms with Crippen molar-refractivity contribution >= 4 is 39.1 Å². The standard InChI is InChI=1S/C9H11BrClN3O2/c10-7-3-6(4-13-9(7)11)14-8(15)5-16-2-1-12/h3-4H,1-2,5,12H2,(H,14,15). The maximum Gasteiger partial charge on any atom is 0.250 e. The van der Waals surface area contributed by atoms with Gasteiger partial charge in [-0.3, -0.25) is 4.79 Å². The van der Waals surface area contributed by atoms with E-state index in [1.165, 1.54) is 6.20 Å². The third-order valence-electron chi connectivity index (χ3n) is 1.58. The van der Waals surface area contributed by atoms with Gasteiger partial charge in [0.2, 0.25) is 5.91 Å². The molecule has 0 bridgehead atoms. The quantitative estimate of drug-likeness (QED) is 0.637. The van der Waals surface area contributed by atoms with Crippen molar-refractivity contribution in [3.8, 4) is 0 Å². The van der Waals surface area contributed by atoms with Crippen molar-refractivity contribution in [3.05, 3.63) is 21.9 Å². The molecule has 88 valence electrons. The molecule has 0 atom stereocenters. The van der Waals surface area contributed by atoms with Crippen molar-refractivity contribution in [2.24, 2.45) is 5.73 Å². The minimum atomic E-state index is -0.260. The molecule has 0 aliphatic heterocycles. The van der Waals surface area contributed by atoms with E-state index in [0.717, 1.165) is 0 Å². The predicted molar refractivity (Wildman–Crippen MR) is 65.5 cm³/mol. The van der Waals surface area contributed by atoms with Crippen molar-refractivity contribution in [3.63, 3.8) is 0 Å². The first kappa shape index (κ1) is 13.4. The zero-order chi connectivity index (χ0) is 12.0. The highest BCUT2D eigenvalue weighted by atomic mass is 79.9. The van der Waals surface area contributed by atoms with Crippen LogP contribution in [0.1, 0.15) is 0 Å². The van der Waals surface area contributed by atoms with Crippen molar-refractivity contribution in [2.75, 3.05) is 25.1 Å². The van der Waals surface area contributed by atoms with Gasteiger partial charge in [-0.1, -0.05) is 11.6 Å². The van der Waals surface area contributed by atoms with E-state index < -0.39 is 0 Å². The fourth-order valence-electron chi connectivity index (χ4n) is 0.935. The fourth-order valence-corrected chi connectivity index (χ4v) is 1.39. The molecule has 3 N–H and O–H groups in total. The minimum Gasteiger partial charge on any atom is -0.370 e. The summed E-state index contributed by atoms with van der Waals surface area (Å²) in [6.07, 6.45) is 1.47. The van der Waals surface area contributed by atoms with Crippen LogP contribution in [0.25, 0.3) is 0 Å². The van der Waals surface area contributed by atoms with Crippen molar-refractivity contribution in [2.45, 2.75) is 0 Å². The number of rotatable bonds is 5. The van der Waals surface area contributed by atoms with Crippen molar-refractivity contribution < 1.29 is 9.53 Å². The molecule has 0 aromatic carbocycles. The van der Waals surface area contributed by atoms with Gasteiger partial charge >= 0.3 is 0 Å². The number of carbonyl (C=O) groups excluding carboxylic acids is 1. The summed E-state index contributed by atoms with van der Waals surface area (Å²) in [6.45, 7) is 0.717. The van der Waals surface area contributed by atoms with Crippen molar-refractivity contribution in [1.29, 1.82) is 0 Å². The Balaban J connectivity index is 2.46. The van der Waals surface area contributed by atoms with Gasteiger partial charge in [0.05, 0.1) is 23.0 Å². The molecule has 0 saturated heterocycles. The second-order valence-corrected chi connectivity index (χ2v) is 4.10. The largest absolute Gasteiger partial charge is 0.370 e. The summed E-state index contributed by atoms with van der Waals surface area (Å²) in [7, 11) is 0. The number of halogens is 2. The third kappa shape index (κ3) is 4.44. The number of hydrogen-bond acceptors (Lipinski definition) is 4. The molecule has 1 amide bonds. The zero-order valence-electron chi connectivity index (χ0n) is 8.37. The van der Waals surface area contributed by atoms with Crippen LogP contribution in [0.4, 0.5) is 5.69 Å². The minimum absolute atomic E-state index is 0.0303. The highest BCUT2D eigenvalue weighted by molar-refractivity contribution is 9.10. The number of anilines is 1. The fraction of sp³-hybridized carbons (Fsp3) is 0.333. The van der Waals surface area contributed by atoms with Gasteiger partial charge in [-0.15, -0.1) is 0 Å². The second kappa shape index (κ2) is 6.80. The SMILES string of the molecule is NCCOCC(=O)Nc1cnc(Cl)c(Br)c1. The van der Waals surface area contributed by atoms with E-state index in [9.17, 15) is 4.79 Å². The van der Waals surface area contributed by atoms with Gasteiger partial charge in [0.15, 0.2) is 0 Å². The Hall–Kier alpha value is -0.690. The number of pyridine rings is 1. The lowest BCUT2D eigenvalue weighted by Gasteiger charge is -2.06. The van der Waals surface area contributed by atoms with Crippen LogP contribution >= 0.6 is 27.5 Å². The zero-order valence-corrected chi connectivity index (χ0v) is 10.7. The summed E-state index contributed by atoms with van der Waals surface area (Å²) in [5.74, 6) is -0.260. The Bertz CT molecular complexity index is 376. The van der Waals surface area contributed by atoms with Gasteiger partial charge in [-0.25, -0.2) is 4.98 Å². The van der Waals surface area contributed by atoms with Crippen LogP contribution in [0.15, 0.2) is 16.7 Å². The van der Waals surface area contributed by atoms with Gasteiger partial charge in [0.1, 0.15) is 11.8 Å². The molecule has 0 radical (unpaired) electrons. The monoisotopic (exact) mass is 307 g/mol. The first-order valence-electron chi connectivity index (χ1n) is 4.52. The van der Waals surface area contributed by atoms with Gasteiger partial charge < -0.3 is 15.8 Å². The van der Waals surface area contributed by atoms with Crippen LogP contribution in [-0.2, 0) is 9.53 Å². The highest BCUT2D eigenvalue weighted by Crippen LogP contribution is 2.22. The molecule has 0 aliphatic rings. The lowest BCUT2D eigenvalue weighted by atomic mass is 10.4. The molecule has 0 unspecified atom stereocenters. The number of hydrogen-bond donors (Lipinski definition) is 2. The summed E-state index contributed by atoms with van der Waals surface area (Å²) < 4.78 is 5.60. The summed E-state index contributed by atoms with van der Waals surface area (Å²) in [5.41, 5.74) is 5.77. The van der Waals surface area contributed by atoms with Crippen LogP contribution in [-0.4, -0.2) is 30.6 Å². The van der Waals surface area contributed by atoms with Crippen LogP contribution < -0.4 is 11.1 Å². The van der Waals surface area contributed by atoms with E-state index in [1.54, 1.807) is 6.07 Å². The Kier molecular flexibility index (Phi) is 5.68. The summed E-state index contributed by atoms with van der Waals surface area (Å²) in [4.78, 5) is 15.2. The highest BCUT2D eigenvalue weighted by Gasteiger charge is 2.04. The third-order valence-corrected chi connectivity index (χ3v) is 2.71. The van der Waals surface area contributed by atoms with Crippen LogP contribution in [0.5, 0.6) is 0 Å². The normalized spacial score (nSPS) is 10.2. The van der Waals surface area contributed by atoms with Crippen molar-refractivity contribution in [1.82, 2.24) is 4.98 Å². The number of carbonyl (C=O) groups is 1. The van der Waals surface area contributed by atoms with Gasteiger partial charge in [0, 0.05) is 6.54 Å². The average molecular weight is 309 g/mol. The number of amides is 1. The number of nitrogens with one attached hydrogen (secondary N) is 1. The summed E-state index contributed by atoms with van der Waals surface area (Å²) >= 11 is 8.92. The van der Waals surface area contributed by atoms with E-state index in [4.69, 9.17) is 22.1 Å². The smallest absolute Gasteiger partial charge is 0.250 e. The van der Waals surface area contributed by atoms with Gasteiger partial charge in [-0.2, -0.15) is 0 Å². The van der Waals surface area contributed by atoms with E-state index in [1.807, 2.05) is 0 Å². The molecule has 5 nitrogen and oxygen atoms in total. The van der Waals surface area contributed by atoms with E-state index in [0.29, 0.717) is 28.5 Å². The molecule has 1 aromatic heterocycles. The molecule has 7 heteroatoms. The van der Waals surface area contributed by atoms with E-state index in [2.05, 4.69) is 26.2 Å². The molecule has 0 aliphatic carbocycles. The summed E-state index contributed by atoms with van der Waals surface area (Å²) in [5, 5.41) is 2.96. The lowest BCUT2D eigenvalue weighted by molar-refractivity contribution is -0.120. The van der Waals surface area contributed by atoms with Gasteiger partial charge in [0.25, 0.3) is 0 Å². The summed E-state index contributed by atoms with van der Waals surface area (Å²) in [6, 6.07) is 1.66. The maximum absolute atomic E-state index is 11.3. The molecular formula is C9H11BrClN3O2. The molecular weight excluding hydrogens is 297 g/mol. The predicted octanol–water partition coefficient (Wildman–Crippen LogP) is 1.41. The first-order chi connectivity index (χ1) is 7.63. The number of nitrogens with two attached hydrogens (primary N) is 1. The van der Waals surface area contributed by atoms with E-state index in [-0.39, 0.29) is 12.5 Å². The van der Waals surface area contributed by atoms with Gasteiger partial charge in [-0.05, 0) is 22.0 Å². The number of nitrogens with zero attached hydrogens (tertiary/aromatic N) is 1. The van der Waals surface area contributed by atoms with Crippen LogP contribution in [0, 0.1) is 0 Å². The maximum atomic E-state index is 11.3. The van der Waals surface area contributed by atoms with E-state index >= 15 is 0 Å². The van der Waals surface area contributed by atoms with Crippen LogP contribution in [0.2, 0.25) is 5.15 Å². The molecule has 0 saturated carbocycles. The Morgan fingerprint density at radius 1 is 1.69 bits per heavy atom. The molecule has 0 spiro atoms. The Morgan fingerprint density at radius 3 is 3.06 bits per heavy atom. The molecule has 1 rings (SSSR count). The lowest BCUT2D eigenvalue weighted by Crippen LogP contribution is -2.20. The second-order valence-electron chi connectivity index (χ2n) is 2.89. The number of ether oxygens (including phenoxy) is 1. The topological polar surface area (TPSA) is 77.2 Å². The first-order valence-corrected chi connectivity index (χ1v) is 5.69. The molecule has 0 fully saturated rings. The van der Waals surface area contributed by atoms with Crippen LogP contribution in [0.3, 0.4) is 0 Å². The molecule has 1 heterocycles. The molecule has 16 heavy (non-hydrogen) atoms. The molecule has 1 aromatic rings. The average Bonchev–Trinajstić information content (AvgIpc) is 2.24. The Morgan fingerprint density at radius 2 is 2.44 bits per heavy atom. The number of aromatic nitrogens is 1.